The molecule has 1 N–H and O–H groups in total. The summed E-state index contributed by atoms with van der Waals surface area (Å²) in [7, 11) is 1.79. The van der Waals surface area contributed by atoms with Crippen molar-refractivity contribution in [1.29, 1.82) is 0 Å². The topological polar surface area (TPSA) is 104 Å². The maximum atomic E-state index is 11.9. The lowest BCUT2D eigenvalue weighted by Gasteiger charge is -2.32. The van der Waals surface area contributed by atoms with Crippen LogP contribution in [0.1, 0.15) is 11.1 Å². The van der Waals surface area contributed by atoms with Gasteiger partial charge in [-0.05, 0) is 12.5 Å². The second kappa shape index (κ2) is 7.34. The summed E-state index contributed by atoms with van der Waals surface area (Å²) in [6.07, 6.45) is 1.45. The Bertz CT molecular complexity index is 841. The van der Waals surface area contributed by atoms with Crippen molar-refractivity contribution >= 4 is 23.2 Å². The number of piperazine rings is 1. The van der Waals surface area contributed by atoms with Crippen LogP contribution in [-0.4, -0.2) is 52.4 Å². The molecule has 0 atom stereocenters. The highest BCUT2D eigenvalue weighted by Crippen LogP contribution is 2.22. The number of nitrogens with one attached hydrogen (secondary N) is 1. The number of carbonyl (C=O) groups is 1. The van der Waals surface area contributed by atoms with Gasteiger partial charge in [0.05, 0.1) is 11.5 Å². The fourth-order valence-electron chi connectivity index (χ4n) is 2.82. The van der Waals surface area contributed by atoms with Crippen molar-refractivity contribution in [3.8, 4) is 0 Å². The monoisotopic (exact) mass is 356 g/mol. The van der Waals surface area contributed by atoms with Crippen molar-refractivity contribution in [3.63, 3.8) is 0 Å². The lowest BCUT2D eigenvalue weighted by atomic mass is 10.1. The lowest BCUT2D eigenvalue weighted by Crippen LogP contribution is -2.48. The van der Waals surface area contributed by atoms with Gasteiger partial charge >= 0.3 is 0 Å². The molecular formula is C17H20N6O3. The van der Waals surface area contributed by atoms with E-state index in [1.54, 1.807) is 31.0 Å². The summed E-state index contributed by atoms with van der Waals surface area (Å²) < 4.78 is 0. The first kappa shape index (κ1) is 17.6. The smallest absolute Gasteiger partial charge is 0.272 e. The molecule has 1 aromatic heterocycles. The quantitative estimate of drug-likeness (QED) is 0.640. The van der Waals surface area contributed by atoms with Gasteiger partial charge in [0.2, 0.25) is 5.91 Å². The van der Waals surface area contributed by atoms with Crippen molar-refractivity contribution in [3.05, 3.63) is 51.8 Å². The van der Waals surface area contributed by atoms with E-state index in [0.717, 1.165) is 5.56 Å². The van der Waals surface area contributed by atoms with E-state index in [0.29, 0.717) is 36.8 Å². The van der Waals surface area contributed by atoms with Gasteiger partial charge in [-0.1, -0.05) is 12.1 Å². The first-order valence-electron chi connectivity index (χ1n) is 8.23. The van der Waals surface area contributed by atoms with Crippen LogP contribution < -0.4 is 10.2 Å². The van der Waals surface area contributed by atoms with E-state index in [9.17, 15) is 14.9 Å². The summed E-state index contributed by atoms with van der Waals surface area (Å²) in [5.41, 5.74) is 1.56. The number of nitro groups is 1. The molecule has 9 heteroatoms. The normalized spacial score (nSPS) is 14.5. The Morgan fingerprint density at radius 2 is 2.12 bits per heavy atom. The molecule has 0 unspecified atom stereocenters. The fraction of sp³-hybridized carbons (Fsp3) is 0.353. The molecule has 26 heavy (non-hydrogen) atoms. The van der Waals surface area contributed by atoms with Crippen LogP contribution in [0.5, 0.6) is 0 Å². The number of nitrogens with zero attached hydrogens (tertiary/aromatic N) is 5. The molecule has 0 radical (unpaired) electrons. The van der Waals surface area contributed by atoms with Gasteiger partial charge in [-0.3, -0.25) is 14.9 Å². The number of hydrogen-bond acceptors (Lipinski definition) is 7. The predicted octanol–water partition coefficient (Wildman–Crippen LogP) is 1.58. The fourth-order valence-corrected chi connectivity index (χ4v) is 2.82. The van der Waals surface area contributed by atoms with Gasteiger partial charge in [0.15, 0.2) is 0 Å². The molecule has 9 nitrogen and oxygen atoms in total. The standard InChI is InChI=1S/C17H20N6O3/c1-12-13(4-3-5-14(12)23(25)26)9-18-15-8-16(20-11-19-15)22-7-6-21(2)17(24)10-22/h3-5,8,11H,6-7,9-10H2,1-2H3,(H,18,19,20). The van der Waals surface area contributed by atoms with Gasteiger partial charge in [-0.25, -0.2) is 9.97 Å². The molecule has 1 aliphatic heterocycles. The summed E-state index contributed by atoms with van der Waals surface area (Å²) in [6, 6.07) is 6.79. The van der Waals surface area contributed by atoms with Gasteiger partial charge < -0.3 is 15.1 Å². The van der Waals surface area contributed by atoms with Gasteiger partial charge in [-0.2, -0.15) is 0 Å². The molecule has 1 saturated heterocycles. The molecule has 1 aliphatic rings. The average Bonchev–Trinajstić information content (AvgIpc) is 2.63. The molecule has 0 saturated carbocycles. The first-order valence-corrected chi connectivity index (χ1v) is 8.23. The predicted molar refractivity (Wildman–Crippen MR) is 97.0 cm³/mol. The number of amides is 1. The molecule has 0 spiro atoms. The summed E-state index contributed by atoms with van der Waals surface area (Å²) in [6.45, 7) is 3.79. The van der Waals surface area contributed by atoms with E-state index in [2.05, 4.69) is 15.3 Å². The van der Waals surface area contributed by atoms with Crippen molar-refractivity contribution in [2.75, 3.05) is 36.9 Å². The summed E-state index contributed by atoms with van der Waals surface area (Å²) >= 11 is 0. The Labute approximate surface area is 150 Å². The van der Waals surface area contributed by atoms with Crippen molar-refractivity contribution in [1.82, 2.24) is 14.9 Å². The zero-order chi connectivity index (χ0) is 18.7. The third kappa shape index (κ3) is 3.71. The zero-order valence-electron chi connectivity index (χ0n) is 14.7. The molecule has 2 aromatic rings. The highest BCUT2D eigenvalue weighted by Gasteiger charge is 2.22. The second-order valence-corrected chi connectivity index (χ2v) is 6.17. The number of rotatable bonds is 5. The van der Waals surface area contributed by atoms with E-state index in [1.807, 2.05) is 11.0 Å². The SMILES string of the molecule is Cc1c(CNc2cc(N3CCN(C)C(=O)C3)ncn2)cccc1[N+](=O)[O-]. The van der Waals surface area contributed by atoms with Crippen LogP contribution in [0, 0.1) is 17.0 Å². The van der Waals surface area contributed by atoms with Crippen LogP contribution in [0.3, 0.4) is 0 Å². The molecule has 136 valence electrons. The molecule has 0 bridgehead atoms. The third-order valence-corrected chi connectivity index (χ3v) is 4.51. The summed E-state index contributed by atoms with van der Waals surface area (Å²) in [5.74, 6) is 1.34. The van der Waals surface area contributed by atoms with Crippen LogP contribution in [0.25, 0.3) is 0 Å². The minimum absolute atomic E-state index is 0.0524. The van der Waals surface area contributed by atoms with Crippen LogP contribution in [0.4, 0.5) is 17.3 Å². The summed E-state index contributed by atoms with van der Waals surface area (Å²) in [5, 5.41) is 14.2. The zero-order valence-corrected chi connectivity index (χ0v) is 14.7. The average molecular weight is 356 g/mol. The largest absolute Gasteiger partial charge is 0.366 e. The second-order valence-electron chi connectivity index (χ2n) is 6.17. The van der Waals surface area contributed by atoms with Gasteiger partial charge in [0.25, 0.3) is 5.69 Å². The Balaban J connectivity index is 1.71. The molecule has 0 aliphatic carbocycles. The highest BCUT2D eigenvalue weighted by atomic mass is 16.6. The van der Waals surface area contributed by atoms with Crippen molar-refractivity contribution in [2.24, 2.45) is 0 Å². The maximum absolute atomic E-state index is 11.9. The third-order valence-electron chi connectivity index (χ3n) is 4.51. The number of nitro benzene ring substituents is 1. The van der Waals surface area contributed by atoms with Crippen LogP contribution in [-0.2, 0) is 11.3 Å². The van der Waals surface area contributed by atoms with E-state index in [-0.39, 0.29) is 23.1 Å². The molecule has 2 heterocycles. The van der Waals surface area contributed by atoms with Crippen molar-refractivity contribution < 1.29 is 9.72 Å². The van der Waals surface area contributed by atoms with Gasteiger partial charge in [0.1, 0.15) is 18.0 Å². The Hall–Kier alpha value is -3.23. The Morgan fingerprint density at radius 1 is 1.31 bits per heavy atom. The lowest BCUT2D eigenvalue weighted by molar-refractivity contribution is -0.385. The number of likely N-dealkylation sites (N-methyl/N-ethyl adjacent to an activating group) is 1. The molecule has 3 rings (SSSR count). The van der Waals surface area contributed by atoms with E-state index in [1.165, 1.54) is 12.4 Å². The van der Waals surface area contributed by atoms with E-state index >= 15 is 0 Å². The number of hydrogen-bond donors (Lipinski definition) is 1. The van der Waals surface area contributed by atoms with E-state index < -0.39 is 0 Å². The molecule has 1 fully saturated rings. The molecular weight excluding hydrogens is 336 g/mol. The van der Waals surface area contributed by atoms with Crippen LogP contribution in [0.15, 0.2) is 30.6 Å². The van der Waals surface area contributed by atoms with Crippen LogP contribution in [0.2, 0.25) is 0 Å². The minimum atomic E-state index is -0.383. The highest BCUT2D eigenvalue weighted by molar-refractivity contribution is 5.82. The molecule has 1 aromatic carbocycles. The number of carbonyl (C=O) groups excluding carboxylic acids is 1. The van der Waals surface area contributed by atoms with Crippen molar-refractivity contribution in [2.45, 2.75) is 13.5 Å². The number of aromatic nitrogens is 2. The van der Waals surface area contributed by atoms with Gasteiger partial charge in [0, 0.05) is 44.4 Å². The van der Waals surface area contributed by atoms with Gasteiger partial charge in [-0.15, -0.1) is 0 Å². The first-order chi connectivity index (χ1) is 12.5. The minimum Gasteiger partial charge on any atom is -0.366 e. The molecule has 1 amide bonds. The van der Waals surface area contributed by atoms with E-state index in [4.69, 9.17) is 0 Å². The van der Waals surface area contributed by atoms with Crippen LogP contribution >= 0.6 is 0 Å². The Morgan fingerprint density at radius 3 is 2.85 bits per heavy atom. The number of anilines is 2. The summed E-state index contributed by atoms with van der Waals surface area (Å²) in [4.78, 5) is 34.6. The maximum Gasteiger partial charge on any atom is 0.272 e. The Kier molecular flexibility index (Phi) is 4.97. The number of benzene rings is 1.